The van der Waals surface area contributed by atoms with Crippen molar-refractivity contribution in [2.24, 2.45) is 0 Å². The van der Waals surface area contributed by atoms with E-state index in [0.717, 1.165) is 42.3 Å². The van der Waals surface area contributed by atoms with Crippen LogP contribution >= 0.6 is 0 Å². The van der Waals surface area contributed by atoms with Crippen LogP contribution in [-0.2, 0) is 0 Å². The number of fused-ring (bicyclic) bond motifs is 1. The molecule has 26 heavy (non-hydrogen) atoms. The highest BCUT2D eigenvalue weighted by molar-refractivity contribution is 5.61. The molecule has 1 fully saturated rings. The molecule has 1 unspecified atom stereocenters. The molecule has 2 N–H and O–H groups in total. The number of nitrogens with zero attached hydrogens (tertiary/aromatic N) is 4. The van der Waals surface area contributed by atoms with Crippen LogP contribution in [0.2, 0.25) is 0 Å². The zero-order valence-corrected chi connectivity index (χ0v) is 15.1. The van der Waals surface area contributed by atoms with Gasteiger partial charge in [-0.05, 0) is 45.4 Å². The van der Waals surface area contributed by atoms with Gasteiger partial charge in [0, 0.05) is 31.0 Å². The number of anilines is 1. The van der Waals surface area contributed by atoms with E-state index in [1.165, 1.54) is 6.42 Å². The molecule has 0 spiro atoms. The number of hydrogen-bond acceptors (Lipinski definition) is 6. The van der Waals surface area contributed by atoms with Gasteiger partial charge in [-0.2, -0.15) is 0 Å². The Bertz CT molecular complexity index is 885. The summed E-state index contributed by atoms with van der Waals surface area (Å²) in [6, 6.07) is 6.17. The highest BCUT2D eigenvalue weighted by atomic mass is 16.5. The predicted molar refractivity (Wildman–Crippen MR) is 101 cm³/mol. The van der Waals surface area contributed by atoms with Crippen LogP contribution < -0.4 is 15.4 Å². The van der Waals surface area contributed by atoms with Gasteiger partial charge < -0.3 is 15.4 Å². The number of imidazole rings is 1. The van der Waals surface area contributed by atoms with Crippen LogP contribution in [-0.4, -0.2) is 44.6 Å². The lowest BCUT2D eigenvalue weighted by atomic mass is 10.1. The summed E-state index contributed by atoms with van der Waals surface area (Å²) in [7, 11) is 0. The van der Waals surface area contributed by atoms with Gasteiger partial charge in [-0.1, -0.05) is 0 Å². The molecule has 1 aliphatic rings. The van der Waals surface area contributed by atoms with Gasteiger partial charge in [0.2, 0.25) is 5.95 Å². The SMILES string of the molecule is CC(C)Oc1ccn2c(-c3ccnc(NC4CCCNC4)n3)cnc2c1. The second-order valence-corrected chi connectivity index (χ2v) is 6.85. The summed E-state index contributed by atoms with van der Waals surface area (Å²) >= 11 is 0. The zero-order chi connectivity index (χ0) is 17.9. The molecule has 1 aliphatic heterocycles. The van der Waals surface area contributed by atoms with E-state index in [9.17, 15) is 0 Å². The van der Waals surface area contributed by atoms with Gasteiger partial charge in [0.1, 0.15) is 11.4 Å². The molecule has 0 radical (unpaired) electrons. The van der Waals surface area contributed by atoms with E-state index in [1.807, 2.05) is 48.8 Å². The zero-order valence-electron chi connectivity index (χ0n) is 15.1. The van der Waals surface area contributed by atoms with E-state index in [4.69, 9.17) is 4.74 Å². The molecular formula is C19H24N6O. The molecule has 4 heterocycles. The molecule has 4 rings (SSSR count). The number of hydrogen-bond donors (Lipinski definition) is 2. The minimum atomic E-state index is 0.136. The van der Waals surface area contributed by atoms with Crippen molar-refractivity contribution >= 4 is 11.6 Å². The highest BCUT2D eigenvalue weighted by Gasteiger charge is 2.15. The summed E-state index contributed by atoms with van der Waals surface area (Å²) in [5.74, 6) is 1.48. The number of piperidine rings is 1. The minimum absolute atomic E-state index is 0.136. The van der Waals surface area contributed by atoms with Crippen LogP contribution in [0.15, 0.2) is 36.8 Å². The third-order valence-corrected chi connectivity index (χ3v) is 4.40. The Hall–Kier alpha value is -2.67. The maximum absolute atomic E-state index is 5.75. The maximum atomic E-state index is 5.75. The van der Waals surface area contributed by atoms with Gasteiger partial charge in [-0.15, -0.1) is 0 Å². The number of nitrogens with one attached hydrogen (secondary N) is 2. The van der Waals surface area contributed by atoms with Crippen molar-refractivity contribution in [2.45, 2.75) is 38.8 Å². The van der Waals surface area contributed by atoms with E-state index in [1.54, 1.807) is 6.20 Å². The van der Waals surface area contributed by atoms with E-state index in [2.05, 4.69) is 25.6 Å². The summed E-state index contributed by atoms with van der Waals surface area (Å²) in [5, 5.41) is 6.82. The van der Waals surface area contributed by atoms with E-state index in [-0.39, 0.29) is 6.10 Å². The van der Waals surface area contributed by atoms with Crippen LogP contribution in [0.5, 0.6) is 5.75 Å². The first kappa shape index (κ1) is 16.8. The summed E-state index contributed by atoms with van der Waals surface area (Å²) in [4.78, 5) is 13.6. The second kappa shape index (κ2) is 7.29. The smallest absolute Gasteiger partial charge is 0.223 e. The second-order valence-electron chi connectivity index (χ2n) is 6.85. The number of pyridine rings is 1. The Balaban J connectivity index is 1.59. The van der Waals surface area contributed by atoms with E-state index >= 15 is 0 Å². The number of aromatic nitrogens is 4. The molecule has 7 nitrogen and oxygen atoms in total. The van der Waals surface area contributed by atoms with Crippen molar-refractivity contribution in [3.05, 3.63) is 36.8 Å². The molecular weight excluding hydrogens is 328 g/mol. The molecule has 0 saturated carbocycles. The molecule has 136 valence electrons. The lowest BCUT2D eigenvalue weighted by Gasteiger charge is -2.23. The predicted octanol–water partition coefficient (Wildman–Crippen LogP) is 2.74. The van der Waals surface area contributed by atoms with Crippen molar-refractivity contribution < 1.29 is 4.74 Å². The third-order valence-electron chi connectivity index (χ3n) is 4.40. The van der Waals surface area contributed by atoms with Crippen LogP contribution in [0.4, 0.5) is 5.95 Å². The summed E-state index contributed by atoms with van der Waals surface area (Å²) in [6.45, 7) is 6.06. The highest BCUT2D eigenvalue weighted by Crippen LogP contribution is 2.23. The van der Waals surface area contributed by atoms with Gasteiger partial charge >= 0.3 is 0 Å². The standard InChI is InChI=1S/C19H24N6O/c1-13(2)26-15-6-9-25-17(12-22-18(25)10-15)16-5-8-21-19(24-16)23-14-4-3-7-20-11-14/h5-6,8-10,12-14,20H,3-4,7,11H2,1-2H3,(H,21,23,24). The average molecular weight is 352 g/mol. The third kappa shape index (κ3) is 3.62. The quantitative estimate of drug-likeness (QED) is 0.735. The molecule has 1 saturated heterocycles. The lowest BCUT2D eigenvalue weighted by Crippen LogP contribution is -2.38. The monoisotopic (exact) mass is 352 g/mol. The first-order valence-electron chi connectivity index (χ1n) is 9.13. The first-order chi connectivity index (χ1) is 12.7. The fourth-order valence-corrected chi connectivity index (χ4v) is 3.23. The molecule has 0 bridgehead atoms. The molecule has 0 amide bonds. The summed E-state index contributed by atoms with van der Waals surface area (Å²) in [5.41, 5.74) is 2.61. The molecule has 3 aromatic rings. The van der Waals surface area contributed by atoms with Gasteiger partial charge in [0.15, 0.2) is 0 Å². The Morgan fingerprint density at radius 2 is 2.23 bits per heavy atom. The number of rotatable bonds is 5. The van der Waals surface area contributed by atoms with Crippen LogP contribution in [0.25, 0.3) is 17.0 Å². The fourth-order valence-electron chi connectivity index (χ4n) is 3.23. The summed E-state index contributed by atoms with van der Waals surface area (Å²) < 4.78 is 7.76. The van der Waals surface area contributed by atoms with E-state index in [0.29, 0.717) is 12.0 Å². The Morgan fingerprint density at radius 1 is 1.31 bits per heavy atom. The normalized spacial score (nSPS) is 17.6. The van der Waals surface area contributed by atoms with Crippen LogP contribution in [0, 0.1) is 0 Å². The van der Waals surface area contributed by atoms with Gasteiger partial charge in [-0.25, -0.2) is 15.0 Å². The average Bonchev–Trinajstić information content (AvgIpc) is 3.05. The molecule has 1 atom stereocenters. The maximum Gasteiger partial charge on any atom is 0.223 e. The number of ether oxygens (including phenoxy) is 1. The minimum Gasteiger partial charge on any atom is -0.491 e. The lowest BCUT2D eigenvalue weighted by molar-refractivity contribution is 0.242. The Labute approximate surface area is 152 Å². The van der Waals surface area contributed by atoms with Crippen molar-refractivity contribution in [2.75, 3.05) is 18.4 Å². The largest absolute Gasteiger partial charge is 0.491 e. The van der Waals surface area contributed by atoms with Gasteiger partial charge in [-0.3, -0.25) is 4.40 Å². The molecule has 3 aromatic heterocycles. The molecule has 7 heteroatoms. The Morgan fingerprint density at radius 3 is 3.04 bits per heavy atom. The topological polar surface area (TPSA) is 76.4 Å². The van der Waals surface area contributed by atoms with Gasteiger partial charge in [0.25, 0.3) is 0 Å². The van der Waals surface area contributed by atoms with Crippen molar-refractivity contribution in [1.82, 2.24) is 24.7 Å². The summed E-state index contributed by atoms with van der Waals surface area (Å²) in [6.07, 6.45) is 8.03. The molecule has 0 aromatic carbocycles. The first-order valence-corrected chi connectivity index (χ1v) is 9.13. The van der Waals surface area contributed by atoms with Crippen LogP contribution in [0.1, 0.15) is 26.7 Å². The van der Waals surface area contributed by atoms with E-state index < -0.39 is 0 Å². The van der Waals surface area contributed by atoms with Gasteiger partial charge in [0.05, 0.1) is 23.7 Å². The Kier molecular flexibility index (Phi) is 4.71. The van der Waals surface area contributed by atoms with Crippen molar-refractivity contribution in [1.29, 1.82) is 0 Å². The van der Waals surface area contributed by atoms with Crippen LogP contribution in [0.3, 0.4) is 0 Å². The van der Waals surface area contributed by atoms with Crippen molar-refractivity contribution in [3.8, 4) is 17.1 Å². The van der Waals surface area contributed by atoms with Crippen molar-refractivity contribution in [3.63, 3.8) is 0 Å². The molecule has 0 aliphatic carbocycles. The fraction of sp³-hybridized carbons (Fsp3) is 0.421.